The fourth-order valence-corrected chi connectivity index (χ4v) is 5.13. The average Bonchev–Trinajstić information content (AvgIpc) is 3.27. The van der Waals surface area contributed by atoms with E-state index in [1.54, 1.807) is 4.90 Å². The van der Waals surface area contributed by atoms with Crippen LogP contribution in [0.25, 0.3) is 0 Å². The van der Waals surface area contributed by atoms with Crippen LogP contribution in [0, 0.1) is 5.92 Å². The number of hydrogen-bond donors (Lipinski definition) is 1. The molecule has 3 fully saturated rings. The number of carbonyl (C=O) groups excluding carboxylic acids is 2. The van der Waals surface area contributed by atoms with Gasteiger partial charge < -0.3 is 24.6 Å². The average molecular weight is 422 g/mol. The second-order valence-corrected chi connectivity index (χ2v) is 8.45. The van der Waals surface area contributed by atoms with E-state index in [1.807, 2.05) is 30.1 Å². The summed E-state index contributed by atoms with van der Waals surface area (Å²) in [5, 5.41) is 3.62. The monoisotopic (exact) mass is 421 g/mol. The summed E-state index contributed by atoms with van der Waals surface area (Å²) in [7, 11) is 1.91. The van der Waals surface area contributed by atoms with Crippen molar-refractivity contribution in [2.75, 3.05) is 31.7 Å². The Bertz CT molecular complexity index is 792. The zero-order chi connectivity index (χ0) is 19.3. The number of benzene rings is 1. The van der Waals surface area contributed by atoms with Crippen molar-refractivity contribution in [1.29, 1.82) is 0 Å². The lowest BCUT2D eigenvalue weighted by atomic mass is 9.97. The van der Waals surface area contributed by atoms with E-state index in [4.69, 9.17) is 9.47 Å². The Morgan fingerprint density at radius 1 is 1.14 bits per heavy atom. The highest BCUT2D eigenvalue weighted by Gasteiger charge is 2.41. The highest BCUT2D eigenvalue weighted by Crippen LogP contribution is 2.36. The Hall–Kier alpha value is -1.99. The highest BCUT2D eigenvalue weighted by molar-refractivity contribution is 6.00. The number of carbonyl (C=O) groups is 2. The summed E-state index contributed by atoms with van der Waals surface area (Å²) in [5.74, 6) is 1.18. The summed E-state index contributed by atoms with van der Waals surface area (Å²) >= 11 is 0. The molecule has 29 heavy (non-hydrogen) atoms. The molecule has 1 N–H and O–H groups in total. The Labute approximate surface area is 177 Å². The van der Waals surface area contributed by atoms with Crippen LogP contribution in [0.1, 0.15) is 32.1 Å². The second kappa shape index (κ2) is 8.03. The first-order valence-electron chi connectivity index (χ1n) is 10.3. The van der Waals surface area contributed by atoms with Crippen molar-refractivity contribution in [2.45, 2.75) is 50.2 Å². The lowest BCUT2D eigenvalue weighted by Gasteiger charge is -2.36. The quantitative estimate of drug-likeness (QED) is 0.808. The Kier molecular flexibility index (Phi) is 5.62. The number of fused-ring (bicyclic) bond motifs is 3. The molecular formula is C21H28ClN3O4. The molecular weight excluding hydrogens is 394 g/mol. The van der Waals surface area contributed by atoms with E-state index in [0.717, 1.165) is 18.5 Å². The number of hydrogen-bond acceptors (Lipinski definition) is 5. The first-order valence-corrected chi connectivity index (χ1v) is 10.3. The number of nitrogens with zero attached hydrogens (tertiary/aromatic N) is 2. The van der Waals surface area contributed by atoms with Crippen molar-refractivity contribution < 1.29 is 19.1 Å². The third-order valence-electron chi connectivity index (χ3n) is 6.66. The summed E-state index contributed by atoms with van der Waals surface area (Å²) in [5.41, 5.74) is 0.770. The van der Waals surface area contributed by atoms with Gasteiger partial charge in [-0.2, -0.15) is 0 Å². The second-order valence-electron chi connectivity index (χ2n) is 8.45. The van der Waals surface area contributed by atoms with Gasteiger partial charge in [0.1, 0.15) is 13.2 Å². The van der Waals surface area contributed by atoms with Crippen LogP contribution in [0.2, 0.25) is 0 Å². The van der Waals surface area contributed by atoms with Crippen molar-refractivity contribution >= 4 is 29.9 Å². The van der Waals surface area contributed by atoms with Crippen molar-refractivity contribution in [3.8, 4) is 11.5 Å². The molecule has 8 heteroatoms. The summed E-state index contributed by atoms with van der Waals surface area (Å²) < 4.78 is 11.2. The molecule has 3 atom stereocenters. The molecule has 2 amide bonds. The minimum atomic E-state index is -0.279. The van der Waals surface area contributed by atoms with E-state index in [2.05, 4.69) is 5.32 Å². The standard InChI is InChI=1S/C21H27N3O4.ClH/c1-23(17-9-14-2-3-15(10-17)22-14)21(26)13-8-20(25)24(12-13)16-4-5-18-19(11-16)28-7-6-27-18;/h4-5,11,13-15,17,22H,2-3,6-10,12H2,1H3;1H. The number of nitrogens with one attached hydrogen (secondary N) is 1. The molecule has 4 heterocycles. The SMILES string of the molecule is CN(C(=O)C1CC(=O)N(c2ccc3c(c2)OCCO3)C1)C1CC2CCC(C1)N2.Cl. The van der Waals surface area contributed by atoms with Gasteiger partial charge in [-0.05, 0) is 37.8 Å². The van der Waals surface area contributed by atoms with Gasteiger partial charge in [-0.1, -0.05) is 0 Å². The predicted octanol–water partition coefficient (Wildman–Crippen LogP) is 1.97. The molecule has 4 aliphatic rings. The Morgan fingerprint density at radius 3 is 2.55 bits per heavy atom. The summed E-state index contributed by atoms with van der Waals surface area (Å²) in [6, 6.07) is 6.91. The maximum atomic E-state index is 13.1. The largest absolute Gasteiger partial charge is 0.486 e. The van der Waals surface area contributed by atoms with Crippen LogP contribution in [0.15, 0.2) is 18.2 Å². The first kappa shape index (κ1) is 20.3. The van der Waals surface area contributed by atoms with Gasteiger partial charge in [0, 0.05) is 49.9 Å². The van der Waals surface area contributed by atoms with Crippen molar-refractivity contribution in [3.63, 3.8) is 0 Å². The predicted molar refractivity (Wildman–Crippen MR) is 111 cm³/mol. The molecule has 0 spiro atoms. The number of piperidine rings is 1. The maximum absolute atomic E-state index is 13.1. The zero-order valence-electron chi connectivity index (χ0n) is 16.6. The van der Waals surface area contributed by atoms with E-state index < -0.39 is 0 Å². The number of anilines is 1. The lowest BCUT2D eigenvalue weighted by molar-refractivity contribution is -0.137. The minimum absolute atomic E-state index is 0. The highest BCUT2D eigenvalue weighted by atomic mass is 35.5. The van der Waals surface area contributed by atoms with E-state index >= 15 is 0 Å². The molecule has 0 radical (unpaired) electrons. The normalized spacial score (nSPS) is 30.1. The molecule has 0 aromatic heterocycles. The molecule has 7 nitrogen and oxygen atoms in total. The zero-order valence-corrected chi connectivity index (χ0v) is 17.5. The van der Waals surface area contributed by atoms with Crippen molar-refractivity contribution in [2.24, 2.45) is 5.92 Å². The van der Waals surface area contributed by atoms with Crippen LogP contribution >= 0.6 is 12.4 Å². The minimum Gasteiger partial charge on any atom is -0.486 e. The summed E-state index contributed by atoms with van der Waals surface area (Å²) in [6.07, 6.45) is 4.73. The molecule has 5 rings (SSSR count). The van der Waals surface area contributed by atoms with Gasteiger partial charge in [-0.25, -0.2) is 0 Å². The number of halogens is 1. The van der Waals surface area contributed by atoms with Crippen molar-refractivity contribution in [3.05, 3.63) is 18.2 Å². The third kappa shape index (κ3) is 3.78. The Morgan fingerprint density at radius 2 is 1.83 bits per heavy atom. The van der Waals surface area contributed by atoms with Crippen LogP contribution in [0.5, 0.6) is 11.5 Å². The molecule has 158 valence electrons. The van der Waals surface area contributed by atoms with Crippen molar-refractivity contribution in [1.82, 2.24) is 10.2 Å². The molecule has 0 aliphatic carbocycles. The first-order chi connectivity index (χ1) is 13.6. The van der Waals surface area contributed by atoms with Crippen LogP contribution in [0.3, 0.4) is 0 Å². The van der Waals surface area contributed by atoms with Crippen LogP contribution in [-0.2, 0) is 9.59 Å². The molecule has 1 aromatic rings. The van der Waals surface area contributed by atoms with Crippen LogP contribution in [0.4, 0.5) is 5.69 Å². The fraction of sp³-hybridized carbons (Fsp3) is 0.619. The van der Waals surface area contributed by atoms with Gasteiger partial charge in [0.15, 0.2) is 11.5 Å². The Balaban J connectivity index is 0.00000205. The summed E-state index contributed by atoms with van der Waals surface area (Å²) in [4.78, 5) is 29.4. The number of rotatable bonds is 3. The van der Waals surface area contributed by atoms with Gasteiger partial charge in [-0.3, -0.25) is 9.59 Å². The fourth-order valence-electron chi connectivity index (χ4n) is 5.13. The summed E-state index contributed by atoms with van der Waals surface area (Å²) in [6.45, 7) is 1.48. The van der Waals surface area contributed by atoms with Gasteiger partial charge in [-0.15, -0.1) is 12.4 Å². The van der Waals surface area contributed by atoms with E-state index in [0.29, 0.717) is 43.3 Å². The van der Waals surface area contributed by atoms with Crippen LogP contribution < -0.4 is 19.7 Å². The van der Waals surface area contributed by atoms with E-state index in [1.165, 1.54) is 12.8 Å². The van der Waals surface area contributed by atoms with Gasteiger partial charge >= 0.3 is 0 Å². The van der Waals surface area contributed by atoms with E-state index in [-0.39, 0.29) is 42.6 Å². The molecule has 1 aromatic carbocycles. The molecule has 3 saturated heterocycles. The topological polar surface area (TPSA) is 71.1 Å². The number of amides is 2. The molecule has 3 unspecified atom stereocenters. The smallest absolute Gasteiger partial charge is 0.228 e. The van der Waals surface area contributed by atoms with Gasteiger partial charge in [0.25, 0.3) is 0 Å². The molecule has 4 aliphatic heterocycles. The lowest BCUT2D eigenvalue weighted by Crippen LogP contribution is -2.50. The van der Waals surface area contributed by atoms with Gasteiger partial charge in [0.2, 0.25) is 11.8 Å². The number of ether oxygens (including phenoxy) is 2. The van der Waals surface area contributed by atoms with Crippen LogP contribution in [-0.4, -0.2) is 61.6 Å². The molecule has 2 bridgehead atoms. The third-order valence-corrected chi connectivity index (χ3v) is 6.66. The maximum Gasteiger partial charge on any atom is 0.228 e. The molecule has 0 saturated carbocycles. The van der Waals surface area contributed by atoms with Gasteiger partial charge in [0.05, 0.1) is 5.92 Å². The van der Waals surface area contributed by atoms with E-state index in [9.17, 15) is 9.59 Å².